The molecule has 3 heteroatoms. The normalized spacial score (nSPS) is 30.1. The number of amides is 1. The van der Waals surface area contributed by atoms with Crippen LogP contribution in [-0.2, 0) is 4.79 Å². The van der Waals surface area contributed by atoms with Crippen LogP contribution in [0.25, 0.3) is 0 Å². The smallest absolute Gasteiger partial charge is 0.223 e. The summed E-state index contributed by atoms with van der Waals surface area (Å²) in [5.74, 6) is 0.906. The fourth-order valence-corrected chi connectivity index (χ4v) is 2.47. The summed E-state index contributed by atoms with van der Waals surface area (Å²) in [5.41, 5.74) is 6.17. The maximum atomic E-state index is 12.1. The Bertz CT molecular complexity index is 253. The lowest BCUT2D eigenvalue weighted by atomic mass is 9.79. The van der Waals surface area contributed by atoms with E-state index in [9.17, 15) is 4.79 Å². The van der Waals surface area contributed by atoms with Gasteiger partial charge < -0.3 is 11.1 Å². The minimum atomic E-state index is 0.126. The van der Waals surface area contributed by atoms with Crippen molar-refractivity contribution in [3.63, 3.8) is 0 Å². The zero-order valence-electron chi connectivity index (χ0n) is 11.8. The Labute approximate surface area is 106 Å². The molecule has 1 fully saturated rings. The molecule has 1 aliphatic carbocycles. The molecule has 3 N–H and O–H groups in total. The third-order valence-corrected chi connectivity index (χ3v) is 4.05. The average Bonchev–Trinajstić information content (AvgIpc) is 2.24. The van der Waals surface area contributed by atoms with Crippen LogP contribution in [0, 0.1) is 17.3 Å². The van der Waals surface area contributed by atoms with Crippen molar-refractivity contribution in [1.29, 1.82) is 0 Å². The SMILES string of the molecule is CCC(C)(C)CNC(=O)C1CC(C)CC(N)C1. The molecule has 3 nitrogen and oxygen atoms in total. The van der Waals surface area contributed by atoms with E-state index in [1.807, 2.05) is 0 Å². The second-order valence-electron chi connectivity index (χ2n) is 6.50. The van der Waals surface area contributed by atoms with Gasteiger partial charge in [0, 0.05) is 18.5 Å². The Kier molecular flexibility index (Phi) is 4.99. The molecule has 0 aromatic rings. The molecule has 1 saturated carbocycles. The number of rotatable bonds is 4. The third-order valence-electron chi connectivity index (χ3n) is 4.05. The van der Waals surface area contributed by atoms with Crippen LogP contribution < -0.4 is 11.1 Å². The molecule has 0 saturated heterocycles. The number of hydrogen-bond donors (Lipinski definition) is 2. The molecule has 3 atom stereocenters. The molecule has 1 rings (SSSR count). The van der Waals surface area contributed by atoms with E-state index in [0.29, 0.717) is 5.92 Å². The van der Waals surface area contributed by atoms with E-state index in [2.05, 4.69) is 33.0 Å². The van der Waals surface area contributed by atoms with E-state index in [1.54, 1.807) is 0 Å². The van der Waals surface area contributed by atoms with E-state index in [1.165, 1.54) is 0 Å². The lowest BCUT2D eigenvalue weighted by Crippen LogP contribution is -2.42. The quantitative estimate of drug-likeness (QED) is 0.792. The maximum Gasteiger partial charge on any atom is 0.223 e. The summed E-state index contributed by atoms with van der Waals surface area (Å²) in [5, 5.41) is 3.09. The van der Waals surface area contributed by atoms with Crippen LogP contribution in [0.3, 0.4) is 0 Å². The molecule has 100 valence electrons. The van der Waals surface area contributed by atoms with Crippen LogP contribution in [0.1, 0.15) is 53.4 Å². The van der Waals surface area contributed by atoms with Crippen LogP contribution in [0.15, 0.2) is 0 Å². The fourth-order valence-electron chi connectivity index (χ4n) is 2.47. The fraction of sp³-hybridized carbons (Fsp3) is 0.929. The van der Waals surface area contributed by atoms with Gasteiger partial charge >= 0.3 is 0 Å². The Morgan fingerprint density at radius 2 is 2.00 bits per heavy atom. The third kappa shape index (κ3) is 4.66. The number of nitrogens with one attached hydrogen (secondary N) is 1. The predicted octanol–water partition coefficient (Wildman–Crippen LogP) is 2.30. The highest BCUT2D eigenvalue weighted by Crippen LogP contribution is 2.28. The van der Waals surface area contributed by atoms with Gasteiger partial charge in [0.15, 0.2) is 0 Å². The molecule has 0 aliphatic heterocycles. The second-order valence-corrected chi connectivity index (χ2v) is 6.50. The van der Waals surface area contributed by atoms with Crippen molar-refractivity contribution in [3.05, 3.63) is 0 Å². The van der Waals surface area contributed by atoms with Gasteiger partial charge in [0.05, 0.1) is 0 Å². The van der Waals surface area contributed by atoms with Crippen molar-refractivity contribution in [2.75, 3.05) is 6.54 Å². The molecule has 0 aromatic carbocycles. The van der Waals surface area contributed by atoms with Gasteiger partial charge in [-0.25, -0.2) is 0 Å². The molecule has 0 bridgehead atoms. The first-order valence-corrected chi connectivity index (χ1v) is 6.87. The maximum absolute atomic E-state index is 12.1. The largest absolute Gasteiger partial charge is 0.355 e. The minimum Gasteiger partial charge on any atom is -0.355 e. The van der Waals surface area contributed by atoms with Gasteiger partial charge in [-0.1, -0.05) is 27.7 Å². The molecule has 1 aliphatic rings. The van der Waals surface area contributed by atoms with Crippen LogP contribution in [0.2, 0.25) is 0 Å². The second kappa shape index (κ2) is 5.85. The number of nitrogens with two attached hydrogens (primary N) is 1. The summed E-state index contributed by atoms with van der Waals surface area (Å²) in [4.78, 5) is 12.1. The topological polar surface area (TPSA) is 55.1 Å². The summed E-state index contributed by atoms with van der Waals surface area (Å²) in [6.45, 7) is 9.48. The van der Waals surface area contributed by atoms with Crippen molar-refractivity contribution < 1.29 is 4.79 Å². The molecular weight excluding hydrogens is 212 g/mol. The Hall–Kier alpha value is -0.570. The molecule has 3 unspecified atom stereocenters. The molecule has 0 aromatic heterocycles. The standard InChI is InChI=1S/C14H28N2O/c1-5-14(3,4)9-16-13(17)11-6-10(2)7-12(15)8-11/h10-12H,5-9,15H2,1-4H3,(H,16,17). The minimum absolute atomic E-state index is 0.126. The van der Waals surface area contributed by atoms with E-state index in [-0.39, 0.29) is 23.3 Å². The van der Waals surface area contributed by atoms with Crippen LogP contribution >= 0.6 is 0 Å². The Balaban J connectivity index is 2.42. The molecular formula is C14H28N2O. The molecule has 0 heterocycles. The summed E-state index contributed by atoms with van der Waals surface area (Å²) in [7, 11) is 0. The molecule has 0 spiro atoms. The van der Waals surface area contributed by atoms with E-state index in [4.69, 9.17) is 5.73 Å². The average molecular weight is 240 g/mol. The number of hydrogen-bond acceptors (Lipinski definition) is 2. The first-order chi connectivity index (χ1) is 7.84. The highest BCUT2D eigenvalue weighted by molar-refractivity contribution is 5.78. The van der Waals surface area contributed by atoms with Gasteiger partial charge in [-0.05, 0) is 37.0 Å². The van der Waals surface area contributed by atoms with Gasteiger partial charge in [-0.3, -0.25) is 4.79 Å². The van der Waals surface area contributed by atoms with E-state index < -0.39 is 0 Å². The first kappa shape index (κ1) is 14.5. The number of carbonyl (C=O) groups excluding carboxylic acids is 1. The summed E-state index contributed by atoms with van der Waals surface area (Å²) < 4.78 is 0. The van der Waals surface area contributed by atoms with Crippen molar-refractivity contribution in [3.8, 4) is 0 Å². The monoisotopic (exact) mass is 240 g/mol. The van der Waals surface area contributed by atoms with E-state index in [0.717, 1.165) is 32.2 Å². The summed E-state index contributed by atoms with van der Waals surface area (Å²) in [6.07, 6.45) is 3.98. The van der Waals surface area contributed by atoms with Crippen LogP contribution in [-0.4, -0.2) is 18.5 Å². The van der Waals surface area contributed by atoms with Gasteiger partial charge in [0.25, 0.3) is 0 Å². The highest BCUT2D eigenvalue weighted by atomic mass is 16.1. The highest BCUT2D eigenvalue weighted by Gasteiger charge is 2.29. The Morgan fingerprint density at radius 1 is 1.35 bits per heavy atom. The van der Waals surface area contributed by atoms with Gasteiger partial charge in [0.2, 0.25) is 5.91 Å². The molecule has 0 radical (unpaired) electrons. The lowest BCUT2D eigenvalue weighted by molar-refractivity contribution is -0.127. The summed E-state index contributed by atoms with van der Waals surface area (Å²) in [6, 6.07) is 0.202. The van der Waals surface area contributed by atoms with Crippen molar-refractivity contribution in [2.24, 2.45) is 23.0 Å². The van der Waals surface area contributed by atoms with Gasteiger partial charge in [0.1, 0.15) is 0 Å². The first-order valence-electron chi connectivity index (χ1n) is 6.87. The van der Waals surface area contributed by atoms with Crippen molar-refractivity contribution in [2.45, 2.75) is 59.4 Å². The predicted molar refractivity (Wildman–Crippen MR) is 71.6 cm³/mol. The van der Waals surface area contributed by atoms with Crippen LogP contribution in [0.4, 0.5) is 0 Å². The zero-order chi connectivity index (χ0) is 13.1. The van der Waals surface area contributed by atoms with Crippen LogP contribution in [0.5, 0.6) is 0 Å². The molecule has 17 heavy (non-hydrogen) atoms. The van der Waals surface area contributed by atoms with E-state index >= 15 is 0 Å². The lowest BCUT2D eigenvalue weighted by Gasteiger charge is -2.31. The van der Waals surface area contributed by atoms with Crippen molar-refractivity contribution >= 4 is 5.91 Å². The molecule has 1 amide bonds. The van der Waals surface area contributed by atoms with Gasteiger partial charge in [-0.15, -0.1) is 0 Å². The zero-order valence-corrected chi connectivity index (χ0v) is 11.8. The van der Waals surface area contributed by atoms with Crippen molar-refractivity contribution in [1.82, 2.24) is 5.32 Å². The summed E-state index contributed by atoms with van der Waals surface area (Å²) >= 11 is 0. The van der Waals surface area contributed by atoms with Gasteiger partial charge in [-0.2, -0.15) is 0 Å². The number of carbonyl (C=O) groups is 1. The Morgan fingerprint density at radius 3 is 2.53 bits per heavy atom.